The van der Waals surface area contributed by atoms with E-state index >= 15 is 0 Å². The van der Waals surface area contributed by atoms with Gasteiger partial charge in [0.05, 0.1) is 18.6 Å². The van der Waals surface area contributed by atoms with Crippen LogP contribution in [0.3, 0.4) is 0 Å². The van der Waals surface area contributed by atoms with E-state index in [1.54, 1.807) is 24.3 Å². The van der Waals surface area contributed by atoms with Gasteiger partial charge in [-0.25, -0.2) is 4.39 Å². The van der Waals surface area contributed by atoms with E-state index in [9.17, 15) is 9.65 Å². The molecule has 1 atom stereocenters. The molecular weight excluding hydrogens is 289 g/mol. The molecule has 108 valence electrons. The number of rotatable bonds is 6. The van der Waals surface area contributed by atoms with Crippen LogP contribution in [0.25, 0.3) is 0 Å². The van der Waals surface area contributed by atoms with E-state index in [0.717, 1.165) is 17.7 Å². The molecule has 2 nitrogen and oxygen atoms in total. The number of ether oxygens (including phenoxy) is 1. The minimum Gasteiger partial charge on any atom is -0.494 e. The lowest BCUT2D eigenvalue weighted by molar-refractivity contribution is 0.305. The quantitative estimate of drug-likeness (QED) is 0.708. The second-order valence-corrected chi connectivity index (χ2v) is 5.11. The van der Waals surface area contributed by atoms with Crippen LogP contribution < -0.4 is 4.74 Å². The van der Waals surface area contributed by atoms with Gasteiger partial charge in [-0.15, -0.1) is 0 Å². The first-order chi connectivity index (χ1) is 10.2. The second-order valence-electron chi connectivity index (χ2n) is 4.68. The fourth-order valence-electron chi connectivity index (χ4n) is 2.01. The lowest BCUT2D eigenvalue weighted by Crippen LogP contribution is -2.02. The van der Waals surface area contributed by atoms with Crippen LogP contribution in [0.4, 0.5) is 4.39 Å². The molecule has 0 aliphatic carbocycles. The Balaban J connectivity index is 1.80. The van der Waals surface area contributed by atoms with Gasteiger partial charge in [0.25, 0.3) is 0 Å². The summed E-state index contributed by atoms with van der Waals surface area (Å²) in [5.41, 5.74) is 0.838. The third kappa shape index (κ3) is 4.77. The van der Waals surface area contributed by atoms with E-state index in [2.05, 4.69) is 6.07 Å². The summed E-state index contributed by atoms with van der Waals surface area (Å²) in [6.45, 7) is 0.529. The van der Waals surface area contributed by atoms with Gasteiger partial charge in [-0.05, 0) is 54.8 Å². The van der Waals surface area contributed by atoms with Crippen LogP contribution in [0, 0.1) is 17.1 Å². The number of hydrogen-bond donors (Lipinski definition) is 0. The van der Waals surface area contributed by atoms with Crippen molar-refractivity contribution in [2.24, 2.45) is 0 Å². The minimum atomic E-state index is -0.290. The van der Waals surface area contributed by atoms with Crippen LogP contribution in [0.5, 0.6) is 5.75 Å². The highest BCUT2D eigenvalue weighted by atomic mass is 35.5. The van der Waals surface area contributed by atoms with Crippen LogP contribution in [-0.4, -0.2) is 6.61 Å². The molecule has 0 N–H and O–H groups in total. The lowest BCUT2D eigenvalue weighted by atomic mass is 9.96. The van der Waals surface area contributed by atoms with Gasteiger partial charge in [0.15, 0.2) is 0 Å². The highest BCUT2D eigenvalue weighted by molar-refractivity contribution is 6.30. The topological polar surface area (TPSA) is 33.0 Å². The van der Waals surface area contributed by atoms with Gasteiger partial charge in [-0.3, -0.25) is 0 Å². The Labute approximate surface area is 128 Å². The number of benzene rings is 2. The molecule has 2 aromatic rings. The van der Waals surface area contributed by atoms with Crippen molar-refractivity contribution in [1.29, 1.82) is 5.26 Å². The van der Waals surface area contributed by atoms with Gasteiger partial charge in [-0.1, -0.05) is 23.7 Å². The molecule has 1 unspecified atom stereocenters. The number of nitriles is 1. The van der Waals surface area contributed by atoms with E-state index in [4.69, 9.17) is 16.3 Å². The fraction of sp³-hybridized carbons (Fsp3) is 0.235. The van der Waals surface area contributed by atoms with Crippen molar-refractivity contribution in [3.63, 3.8) is 0 Å². The maximum absolute atomic E-state index is 12.9. The van der Waals surface area contributed by atoms with Gasteiger partial charge < -0.3 is 4.74 Å². The van der Waals surface area contributed by atoms with Crippen molar-refractivity contribution in [2.45, 2.75) is 18.8 Å². The van der Waals surface area contributed by atoms with Crippen molar-refractivity contribution >= 4 is 11.6 Å². The monoisotopic (exact) mass is 303 g/mol. The molecular formula is C17H15ClFNO. The number of halogens is 2. The molecule has 2 rings (SSSR count). The predicted molar refractivity (Wildman–Crippen MR) is 80.9 cm³/mol. The second kappa shape index (κ2) is 7.66. The van der Waals surface area contributed by atoms with E-state index in [0.29, 0.717) is 18.1 Å². The predicted octanol–water partition coefficient (Wildman–Crippen LogP) is 4.95. The van der Waals surface area contributed by atoms with E-state index in [1.165, 1.54) is 12.1 Å². The zero-order chi connectivity index (χ0) is 15.1. The van der Waals surface area contributed by atoms with Crippen LogP contribution in [0.2, 0.25) is 5.02 Å². The zero-order valence-electron chi connectivity index (χ0n) is 11.4. The average Bonchev–Trinajstić information content (AvgIpc) is 2.50. The molecule has 0 radical (unpaired) electrons. The maximum Gasteiger partial charge on any atom is 0.123 e. The van der Waals surface area contributed by atoms with Crippen LogP contribution in [0.15, 0.2) is 48.5 Å². The molecule has 21 heavy (non-hydrogen) atoms. The zero-order valence-corrected chi connectivity index (χ0v) is 12.2. The largest absolute Gasteiger partial charge is 0.494 e. The summed E-state index contributed by atoms with van der Waals surface area (Å²) in [5, 5.41) is 9.87. The van der Waals surface area contributed by atoms with Crippen LogP contribution >= 0.6 is 11.6 Å². The maximum atomic E-state index is 12.9. The van der Waals surface area contributed by atoms with Gasteiger partial charge in [0, 0.05) is 5.02 Å². The Bertz CT molecular complexity index is 604. The molecule has 0 fully saturated rings. The smallest absolute Gasteiger partial charge is 0.123 e. The molecule has 0 aliphatic rings. The summed E-state index contributed by atoms with van der Waals surface area (Å²) in [7, 11) is 0. The summed E-state index contributed by atoms with van der Waals surface area (Å²) in [4.78, 5) is 0. The van der Waals surface area contributed by atoms with E-state index in [1.807, 2.05) is 12.1 Å². The number of nitrogens with zero attached hydrogens (tertiary/aromatic N) is 1. The Kier molecular flexibility index (Phi) is 5.59. The summed E-state index contributed by atoms with van der Waals surface area (Å²) in [6.07, 6.45) is 1.42. The Morgan fingerprint density at radius 3 is 2.38 bits per heavy atom. The van der Waals surface area contributed by atoms with Crippen molar-refractivity contribution < 1.29 is 9.13 Å². The highest BCUT2D eigenvalue weighted by Gasteiger charge is 2.10. The number of hydrogen-bond acceptors (Lipinski definition) is 2. The SMILES string of the molecule is N#CC(CCCOc1ccc(Cl)cc1)c1ccc(F)cc1. The van der Waals surface area contributed by atoms with E-state index < -0.39 is 0 Å². The van der Waals surface area contributed by atoms with Crippen LogP contribution in [0.1, 0.15) is 24.3 Å². The molecule has 0 aliphatic heterocycles. The van der Waals surface area contributed by atoms with Crippen molar-refractivity contribution in [3.8, 4) is 11.8 Å². The standard InChI is InChI=1S/C17H15ClFNO/c18-15-5-9-17(10-6-15)21-11-1-2-14(12-20)13-3-7-16(19)8-4-13/h3-10,14H,1-2,11H2. The first-order valence-corrected chi connectivity index (χ1v) is 7.10. The fourth-order valence-corrected chi connectivity index (χ4v) is 2.14. The molecule has 0 bridgehead atoms. The lowest BCUT2D eigenvalue weighted by Gasteiger charge is -2.10. The van der Waals surface area contributed by atoms with Gasteiger partial charge in [0.1, 0.15) is 11.6 Å². The molecule has 0 heterocycles. The van der Waals surface area contributed by atoms with E-state index in [-0.39, 0.29) is 11.7 Å². The third-order valence-corrected chi connectivity index (χ3v) is 3.40. The first kappa shape index (κ1) is 15.3. The van der Waals surface area contributed by atoms with Crippen molar-refractivity contribution in [3.05, 3.63) is 64.9 Å². The minimum absolute atomic E-state index is 0.237. The first-order valence-electron chi connectivity index (χ1n) is 6.72. The normalized spacial score (nSPS) is 11.7. The molecule has 0 saturated carbocycles. The summed E-state index contributed by atoms with van der Waals surface area (Å²) < 4.78 is 18.4. The van der Waals surface area contributed by atoms with Gasteiger partial charge >= 0.3 is 0 Å². The van der Waals surface area contributed by atoms with Crippen LogP contribution in [-0.2, 0) is 0 Å². The molecule has 4 heteroatoms. The molecule has 0 aromatic heterocycles. The third-order valence-electron chi connectivity index (χ3n) is 3.15. The molecule has 0 amide bonds. The van der Waals surface area contributed by atoms with Crippen molar-refractivity contribution in [1.82, 2.24) is 0 Å². The summed E-state index contributed by atoms with van der Waals surface area (Å²) >= 11 is 5.79. The highest BCUT2D eigenvalue weighted by Crippen LogP contribution is 2.21. The Morgan fingerprint density at radius 2 is 1.76 bits per heavy atom. The Hall–Kier alpha value is -2.05. The molecule has 0 spiro atoms. The van der Waals surface area contributed by atoms with Crippen molar-refractivity contribution in [2.75, 3.05) is 6.61 Å². The summed E-state index contributed by atoms with van der Waals surface area (Å²) in [5.74, 6) is 0.232. The summed E-state index contributed by atoms with van der Waals surface area (Å²) in [6, 6.07) is 15.5. The molecule has 0 saturated heterocycles. The molecule has 2 aromatic carbocycles. The average molecular weight is 304 g/mol. The van der Waals surface area contributed by atoms with Gasteiger partial charge in [0.2, 0.25) is 0 Å². The Morgan fingerprint density at radius 1 is 1.10 bits per heavy atom. The van der Waals surface area contributed by atoms with Gasteiger partial charge in [-0.2, -0.15) is 5.26 Å².